The van der Waals surface area contributed by atoms with Crippen molar-refractivity contribution in [2.24, 2.45) is 0 Å². The highest BCUT2D eigenvalue weighted by Gasteiger charge is 2.30. The first-order chi connectivity index (χ1) is 33.5. The van der Waals surface area contributed by atoms with Crippen LogP contribution in [0.5, 0.6) is 11.5 Å². The fourth-order valence-electron chi connectivity index (χ4n) is 10.9. The van der Waals surface area contributed by atoms with Gasteiger partial charge in [-0.05, 0) is 121 Å². The van der Waals surface area contributed by atoms with Gasteiger partial charge in [-0.1, -0.05) is 157 Å². The summed E-state index contributed by atoms with van der Waals surface area (Å²) < 4.78 is 9.45. The molecule has 1 aliphatic rings. The molecule has 0 amide bonds. The zero-order valence-electron chi connectivity index (χ0n) is 39.9. The topological polar surface area (TPSA) is 33.5 Å². The molecule has 2 aromatic heterocycles. The maximum atomic E-state index is 7.08. The van der Waals surface area contributed by atoms with E-state index in [2.05, 4.69) is 250 Å². The molecule has 0 unspecified atom stereocenters. The van der Waals surface area contributed by atoms with Gasteiger partial charge in [0.1, 0.15) is 24.0 Å². The minimum atomic E-state index is -0.128. The largest absolute Gasteiger partial charge is 0.457 e. The van der Waals surface area contributed by atoms with E-state index in [0.717, 1.165) is 50.3 Å². The molecule has 0 radical (unpaired) electrons. The number of hydrogen-bond donors (Lipinski definition) is 0. The van der Waals surface area contributed by atoms with Gasteiger partial charge >= 0.3 is 0 Å². The highest BCUT2D eigenvalue weighted by molar-refractivity contribution is 6.32. The van der Waals surface area contributed by atoms with Gasteiger partial charge < -0.3 is 14.5 Å². The first-order valence-electron chi connectivity index (χ1n) is 24.1. The zero-order valence-corrected chi connectivity index (χ0v) is 39.9. The van der Waals surface area contributed by atoms with Gasteiger partial charge in [-0.15, -0.1) is 0 Å². The summed E-state index contributed by atoms with van der Waals surface area (Å²) in [6.07, 6.45) is 0. The second-order valence-corrected chi connectivity index (χ2v) is 20.9. The summed E-state index contributed by atoms with van der Waals surface area (Å²) in [6.45, 7) is 14.3. The zero-order chi connectivity index (χ0) is 46.8. The number of para-hydroxylation sites is 3. The monoisotopic (exact) mass is 892 g/mol. The lowest BCUT2D eigenvalue weighted by atomic mass is 9.86. The van der Waals surface area contributed by atoms with Gasteiger partial charge in [0, 0.05) is 50.4 Å². The maximum Gasteiger partial charge on any atom is 0.146 e. The second kappa shape index (κ2) is 15.2. The van der Waals surface area contributed by atoms with Crippen molar-refractivity contribution in [2.45, 2.75) is 52.4 Å². The molecule has 0 N–H and O–H groups in total. The van der Waals surface area contributed by atoms with Gasteiger partial charge in [-0.25, -0.2) is 4.98 Å². The molecule has 1 aliphatic heterocycles. The summed E-state index contributed by atoms with van der Waals surface area (Å²) >= 11 is 0. The number of pyridine rings is 1. The van der Waals surface area contributed by atoms with Crippen LogP contribution in [0.1, 0.15) is 52.7 Å². The third-order valence-corrected chi connectivity index (χ3v) is 14.5. The molecule has 0 fully saturated rings. The number of aromatic nitrogens is 2. The molecule has 0 saturated heterocycles. The fourth-order valence-corrected chi connectivity index (χ4v) is 10.9. The van der Waals surface area contributed by atoms with Crippen LogP contribution in [0.25, 0.3) is 81.6 Å². The standard InChI is InChI=1S/C64H52N4O/c1-63(2,3)43-27-29-45(30-28-43)66-39-67(57-22-14-13-21-56(57)66)46-35-44(64(4,5)6)36-48(37-46)69-47-31-33-52-51-19-11-12-20-55(51)68(58(52)38-47)62-53-32-25-41-16-8-10-18-50(41)60(53)61-54(65-62)34-26-42-24-23-40-15-7-9-17-49(40)59(42)61/h7-38H,39H2,1-6H3. The van der Waals surface area contributed by atoms with E-state index in [1.54, 1.807) is 0 Å². The molecule has 69 heavy (non-hydrogen) atoms. The maximum absolute atomic E-state index is 7.08. The van der Waals surface area contributed by atoms with Crippen LogP contribution in [0.4, 0.5) is 22.7 Å². The van der Waals surface area contributed by atoms with E-state index in [0.29, 0.717) is 6.67 Å². The minimum absolute atomic E-state index is 0.0845. The summed E-state index contributed by atoms with van der Waals surface area (Å²) in [4.78, 5) is 10.5. The number of anilines is 4. The van der Waals surface area contributed by atoms with Crippen molar-refractivity contribution in [1.82, 2.24) is 9.55 Å². The lowest BCUT2D eigenvalue weighted by Gasteiger charge is -2.26. The van der Waals surface area contributed by atoms with E-state index in [1.807, 2.05) is 0 Å². The van der Waals surface area contributed by atoms with Crippen LogP contribution in [-0.4, -0.2) is 16.2 Å². The Balaban J connectivity index is 0.976. The molecular weight excluding hydrogens is 841 g/mol. The van der Waals surface area contributed by atoms with E-state index in [1.165, 1.54) is 76.7 Å². The third kappa shape index (κ3) is 6.63. The molecule has 12 aromatic rings. The first-order valence-corrected chi connectivity index (χ1v) is 24.1. The van der Waals surface area contributed by atoms with Crippen LogP contribution >= 0.6 is 0 Å². The second-order valence-electron chi connectivity index (χ2n) is 20.9. The summed E-state index contributed by atoms with van der Waals surface area (Å²) in [6, 6.07) is 70.8. The normalized spacial score (nSPS) is 13.2. The predicted molar refractivity (Wildman–Crippen MR) is 292 cm³/mol. The molecule has 5 heteroatoms. The van der Waals surface area contributed by atoms with E-state index in [-0.39, 0.29) is 10.8 Å². The Hall–Kier alpha value is -8.15. The predicted octanol–water partition coefficient (Wildman–Crippen LogP) is 17.6. The Morgan fingerprint density at radius 1 is 0.406 bits per heavy atom. The van der Waals surface area contributed by atoms with Crippen LogP contribution < -0.4 is 14.5 Å². The van der Waals surface area contributed by atoms with Crippen molar-refractivity contribution >= 4 is 98.5 Å². The van der Waals surface area contributed by atoms with Crippen molar-refractivity contribution in [3.05, 3.63) is 205 Å². The Labute approximate surface area is 402 Å². The molecule has 334 valence electrons. The van der Waals surface area contributed by atoms with Gasteiger partial charge in [0.2, 0.25) is 0 Å². The molecule has 0 atom stereocenters. The van der Waals surface area contributed by atoms with Crippen LogP contribution in [-0.2, 0) is 10.8 Å². The summed E-state index contributed by atoms with van der Waals surface area (Å²) in [7, 11) is 0. The van der Waals surface area contributed by atoms with Crippen molar-refractivity contribution in [3.8, 4) is 17.3 Å². The molecule has 0 spiro atoms. The molecule has 13 rings (SSSR count). The van der Waals surface area contributed by atoms with Crippen LogP contribution in [0.3, 0.4) is 0 Å². The Bertz CT molecular complexity index is 4060. The van der Waals surface area contributed by atoms with Gasteiger partial charge in [-0.3, -0.25) is 4.57 Å². The van der Waals surface area contributed by atoms with Gasteiger partial charge in [-0.2, -0.15) is 0 Å². The SMILES string of the molecule is CC(C)(C)c1ccc(N2CN(c3cc(Oc4ccc5c6ccccc6n(-c6nc7ccc8ccc9ccccc9c8c7c7c6ccc6ccccc67)c5c4)cc(C(C)(C)C)c3)c3ccccc32)cc1. The molecule has 10 aromatic carbocycles. The van der Waals surface area contributed by atoms with Gasteiger partial charge in [0.15, 0.2) is 0 Å². The minimum Gasteiger partial charge on any atom is -0.457 e. The van der Waals surface area contributed by atoms with Gasteiger partial charge in [0.25, 0.3) is 0 Å². The number of fused-ring (bicyclic) bond motifs is 13. The molecule has 5 nitrogen and oxygen atoms in total. The number of ether oxygens (including phenoxy) is 1. The van der Waals surface area contributed by atoms with E-state index >= 15 is 0 Å². The number of nitrogens with zero attached hydrogens (tertiary/aromatic N) is 4. The fraction of sp³-hybridized carbons (Fsp3) is 0.141. The van der Waals surface area contributed by atoms with Crippen molar-refractivity contribution in [2.75, 3.05) is 16.5 Å². The van der Waals surface area contributed by atoms with Crippen LogP contribution in [0, 0.1) is 0 Å². The molecule has 0 aliphatic carbocycles. The summed E-state index contributed by atoms with van der Waals surface area (Å²) in [5, 5.41) is 13.1. The van der Waals surface area contributed by atoms with E-state index in [4.69, 9.17) is 9.72 Å². The van der Waals surface area contributed by atoms with Gasteiger partial charge in [0.05, 0.1) is 27.9 Å². The molecule has 0 saturated carbocycles. The quantitative estimate of drug-likeness (QED) is 0.161. The van der Waals surface area contributed by atoms with E-state index < -0.39 is 0 Å². The Morgan fingerprint density at radius 2 is 0.986 bits per heavy atom. The highest BCUT2D eigenvalue weighted by Crippen LogP contribution is 2.47. The van der Waals surface area contributed by atoms with Crippen LogP contribution in [0.15, 0.2) is 194 Å². The lowest BCUT2D eigenvalue weighted by molar-refractivity contribution is 0.479. The van der Waals surface area contributed by atoms with Crippen molar-refractivity contribution < 1.29 is 4.74 Å². The summed E-state index contributed by atoms with van der Waals surface area (Å²) in [5.41, 5.74) is 10.2. The molecular formula is C64H52N4O. The lowest BCUT2D eigenvalue weighted by Crippen LogP contribution is -2.24. The average Bonchev–Trinajstić information content (AvgIpc) is 3.91. The number of rotatable bonds is 5. The summed E-state index contributed by atoms with van der Waals surface area (Å²) in [5.74, 6) is 2.46. The van der Waals surface area contributed by atoms with Crippen molar-refractivity contribution in [1.29, 1.82) is 0 Å². The Morgan fingerprint density at radius 3 is 1.71 bits per heavy atom. The highest BCUT2D eigenvalue weighted by atomic mass is 16.5. The van der Waals surface area contributed by atoms with E-state index in [9.17, 15) is 0 Å². The van der Waals surface area contributed by atoms with Crippen molar-refractivity contribution in [3.63, 3.8) is 0 Å². The molecule has 0 bridgehead atoms. The number of benzene rings is 10. The number of hydrogen-bond acceptors (Lipinski definition) is 4. The van der Waals surface area contributed by atoms with Crippen LogP contribution in [0.2, 0.25) is 0 Å². The Kier molecular flexibility index (Phi) is 9.04. The smallest absolute Gasteiger partial charge is 0.146 e. The first kappa shape index (κ1) is 41.1. The third-order valence-electron chi connectivity index (χ3n) is 14.5. The average molecular weight is 893 g/mol. The molecule has 3 heterocycles.